The highest BCUT2D eigenvalue weighted by Gasteiger charge is 2.60. The Morgan fingerprint density at radius 1 is 0.689 bits per heavy atom. The van der Waals surface area contributed by atoms with E-state index in [-0.39, 0.29) is 18.6 Å². The Kier molecular flexibility index (Phi) is 5.72. The van der Waals surface area contributed by atoms with E-state index in [2.05, 4.69) is 48.5 Å². The molecule has 6 heteroatoms. The Labute approximate surface area is 260 Å². The zero-order valence-electron chi connectivity index (χ0n) is 24.4. The maximum atomic E-state index is 15.5. The summed E-state index contributed by atoms with van der Waals surface area (Å²) in [4.78, 5) is 22.2. The number of ether oxygens (including phenoxy) is 3. The Morgan fingerprint density at radius 2 is 1.38 bits per heavy atom. The van der Waals surface area contributed by atoms with Crippen LogP contribution in [-0.4, -0.2) is 30.7 Å². The maximum Gasteiger partial charge on any atom is 0.246 e. The van der Waals surface area contributed by atoms with Crippen LogP contribution in [0.4, 0.5) is 5.69 Å². The summed E-state index contributed by atoms with van der Waals surface area (Å²) in [6, 6.07) is 40.4. The van der Waals surface area contributed by atoms with Crippen molar-refractivity contribution in [1.82, 2.24) is 4.98 Å². The Hall–Kier alpha value is -5.62. The third-order valence-corrected chi connectivity index (χ3v) is 9.25. The van der Waals surface area contributed by atoms with Gasteiger partial charge in [-0.15, -0.1) is 0 Å². The zero-order chi connectivity index (χ0) is 30.0. The molecule has 0 saturated heterocycles. The van der Waals surface area contributed by atoms with Crippen molar-refractivity contribution in [3.8, 4) is 28.4 Å². The predicted molar refractivity (Wildman–Crippen MR) is 173 cm³/mol. The Bertz CT molecular complexity index is 2070. The van der Waals surface area contributed by atoms with Gasteiger partial charge in [-0.2, -0.15) is 0 Å². The van der Waals surface area contributed by atoms with Gasteiger partial charge < -0.3 is 14.2 Å². The third kappa shape index (κ3) is 3.82. The van der Waals surface area contributed by atoms with Crippen LogP contribution in [0.15, 0.2) is 128 Å². The highest BCUT2D eigenvalue weighted by molar-refractivity contribution is 6.14. The fraction of sp³-hybridized carbons (Fsp3) is 0.128. The first-order chi connectivity index (χ1) is 22.2. The highest BCUT2D eigenvalue weighted by Crippen LogP contribution is 2.59. The molecule has 0 bridgehead atoms. The SMILES string of the molecule is O=C1N(C(c2ccccc2)c2ccccc2)c2cccc(-c3cnc4ccccc4c3)c2C12COc1cc3c(cc12)OCCO3. The van der Waals surface area contributed by atoms with Crippen molar-refractivity contribution in [2.24, 2.45) is 0 Å². The largest absolute Gasteiger partial charge is 0.491 e. The van der Waals surface area contributed by atoms with Gasteiger partial charge >= 0.3 is 0 Å². The van der Waals surface area contributed by atoms with Gasteiger partial charge in [0.05, 0.1) is 17.2 Å². The van der Waals surface area contributed by atoms with Crippen molar-refractivity contribution in [2.45, 2.75) is 11.5 Å². The first kappa shape index (κ1) is 25.8. The van der Waals surface area contributed by atoms with Crippen molar-refractivity contribution >= 4 is 22.5 Å². The standard InChI is InChI=1S/C39H28N2O4/c42-38-39(24-45-33-22-35-34(21-30(33)39)43-18-19-44-35)36-29(28-20-27-14-7-8-16-31(27)40-23-28)15-9-17-32(36)41(38)37(25-10-3-1-4-11-25)26-12-5-2-6-13-26/h1-17,20-23,37H,18-19,24H2. The van der Waals surface area contributed by atoms with Crippen LogP contribution < -0.4 is 19.1 Å². The number of nitrogens with zero attached hydrogens (tertiary/aromatic N) is 2. The average molecular weight is 589 g/mol. The molecule has 0 N–H and O–H groups in total. The number of carbonyl (C=O) groups is 1. The number of fused-ring (bicyclic) bond motifs is 6. The molecule has 3 aliphatic rings. The topological polar surface area (TPSA) is 60.9 Å². The summed E-state index contributed by atoms with van der Waals surface area (Å²) in [5, 5.41) is 1.04. The lowest BCUT2D eigenvalue weighted by molar-refractivity contribution is -0.122. The molecule has 6 aromatic rings. The second kappa shape index (κ2) is 9.96. The van der Waals surface area contributed by atoms with Crippen LogP contribution in [0.5, 0.6) is 17.2 Å². The molecule has 6 nitrogen and oxygen atoms in total. The number of hydrogen-bond acceptors (Lipinski definition) is 5. The molecule has 218 valence electrons. The minimum atomic E-state index is -1.11. The van der Waals surface area contributed by atoms with Crippen LogP contribution >= 0.6 is 0 Å². The first-order valence-corrected chi connectivity index (χ1v) is 15.2. The van der Waals surface area contributed by atoms with Gasteiger partial charge in [0.25, 0.3) is 0 Å². The van der Waals surface area contributed by atoms with Crippen molar-refractivity contribution in [1.29, 1.82) is 0 Å². The summed E-state index contributed by atoms with van der Waals surface area (Å²) in [5.74, 6) is 1.87. The summed E-state index contributed by atoms with van der Waals surface area (Å²) in [7, 11) is 0. The van der Waals surface area contributed by atoms with Gasteiger partial charge in [-0.05, 0) is 41.0 Å². The lowest BCUT2D eigenvalue weighted by Gasteiger charge is -2.31. The second-order valence-corrected chi connectivity index (χ2v) is 11.7. The summed E-state index contributed by atoms with van der Waals surface area (Å²) < 4.78 is 18.4. The number of amides is 1. The lowest BCUT2D eigenvalue weighted by atomic mass is 9.74. The molecule has 9 rings (SSSR count). The summed E-state index contributed by atoms with van der Waals surface area (Å²) in [6.45, 7) is 1.09. The van der Waals surface area contributed by atoms with E-state index < -0.39 is 5.41 Å². The average Bonchev–Trinajstić information content (AvgIpc) is 3.59. The molecule has 1 amide bonds. The molecular formula is C39H28N2O4. The number of aromatic nitrogens is 1. The van der Waals surface area contributed by atoms with E-state index in [4.69, 9.17) is 19.2 Å². The minimum Gasteiger partial charge on any atom is -0.491 e. The van der Waals surface area contributed by atoms with Crippen molar-refractivity contribution < 1.29 is 19.0 Å². The number of pyridine rings is 1. The normalized spacial score (nSPS) is 17.9. The smallest absolute Gasteiger partial charge is 0.246 e. The van der Waals surface area contributed by atoms with E-state index in [1.807, 2.05) is 83.9 Å². The van der Waals surface area contributed by atoms with Gasteiger partial charge in [0, 0.05) is 34.3 Å². The van der Waals surface area contributed by atoms with Gasteiger partial charge in [0.15, 0.2) is 11.5 Å². The molecule has 1 atom stereocenters. The quantitative estimate of drug-likeness (QED) is 0.214. The maximum absolute atomic E-state index is 15.5. The highest BCUT2D eigenvalue weighted by atomic mass is 16.6. The van der Waals surface area contributed by atoms with E-state index in [1.165, 1.54) is 0 Å². The van der Waals surface area contributed by atoms with Crippen LogP contribution in [0.3, 0.4) is 0 Å². The van der Waals surface area contributed by atoms with E-state index in [0.29, 0.717) is 30.5 Å². The second-order valence-electron chi connectivity index (χ2n) is 11.7. The number of para-hydroxylation sites is 1. The molecule has 45 heavy (non-hydrogen) atoms. The van der Waals surface area contributed by atoms with Gasteiger partial charge in [0.2, 0.25) is 5.91 Å². The van der Waals surface area contributed by atoms with Gasteiger partial charge in [0.1, 0.15) is 31.0 Å². The van der Waals surface area contributed by atoms with E-state index in [0.717, 1.165) is 50.0 Å². The van der Waals surface area contributed by atoms with Crippen molar-refractivity contribution in [3.05, 3.63) is 150 Å². The van der Waals surface area contributed by atoms with Crippen LogP contribution in [0.1, 0.15) is 28.3 Å². The summed E-state index contributed by atoms with van der Waals surface area (Å²) in [5.41, 5.74) is 6.33. The monoisotopic (exact) mass is 588 g/mol. The Balaban J connectivity index is 1.33. The van der Waals surface area contributed by atoms with Crippen LogP contribution in [0.2, 0.25) is 0 Å². The number of hydrogen-bond donors (Lipinski definition) is 0. The molecule has 3 aliphatic heterocycles. The molecule has 4 heterocycles. The first-order valence-electron chi connectivity index (χ1n) is 15.2. The van der Waals surface area contributed by atoms with E-state index in [1.54, 1.807) is 0 Å². The van der Waals surface area contributed by atoms with Crippen LogP contribution in [-0.2, 0) is 10.2 Å². The molecule has 0 radical (unpaired) electrons. The summed E-state index contributed by atoms with van der Waals surface area (Å²) >= 11 is 0. The molecule has 1 aromatic heterocycles. The molecule has 0 saturated carbocycles. The summed E-state index contributed by atoms with van der Waals surface area (Å²) in [6.07, 6.45) is 1.91. The predicted octanol–water partition coefficient (Wildman–Crippen LogP) is 7.49. The molecule has 0 aliphatic carbocycles. The number of rotatable bonds is 4. The van der Waals surface area contributed by atoms with Gasteiger partial charge in [-0.3, -0.25) is 14.7 Å². The lowest BCUT2D eigenvalue weighted by Crippen LogP contribution is -2.44. The molecule has 1 unspecified atom stereocenters. The molecular weight excluding hydrogens is 560 g/mol. The Morgan fingerprint density at radius 3 is 2.13 bits per heavy atom. The van der Waals surface area contributed by atoms with Crippen LogP contribution in [0.25, 0.3) is 22.0 Å². The van der Waals surface area contributed by atoms with Crippen LogP contribution in [0, 0.1) is 0 Å². The van der Waals surface area contributed by atoms with Gasteiger partial charge in [-0.1, -0.05) is 91.0 Å². The fourth-order valence-electron chi connectivity index (χ4n) is 7.26. The fourth-order valence-corrected chi connectivity index (χ4v) is 7.26. The van der Waals surface area contributed by atoms with Gasteiger partial charge in [-0.25, -0.2) is 0 Å². The minimum absolute atomic E-state index is 0.0353. The third-order valence-electron chi connectivity index (χ3n) is 9.25. The number of benzene rings is 5. The molecule has 0 fully saturated rings. The van der Waals surface area contributed by atoms with E-state index >= 15 is 4.79 Å². The number of anilines is 1. The molecule has 1 spiro atoms. The van der Waals surface area contributed by atoms with E-state index in [9.17, 15) is 0 Å². The zero-order valence-corrected chi connectivity index (χ0v) is 24.4. The molecule has 5 aromatic carbocycles. The number of carbonyl (C=O) groups excluding carboxylic acids is 1. The van der Waals surface area contributed by atoms with Crippen molar-refractivity contribution in [3.63, 3.8) is 0 Å². The van der Waals surface area contributed by atoms with Crippen molar-refractivity contribution in [2.75, 3.05) is 24.7 Å².